The highest BCUT2D eigenvalue weighted by atomic mass is 35.5. The Morgan fingerprint density at radius 2 is 2.18 bits per heavy atom. The molecule has 0 unspecified atom stereocenters. The van der Waals surface area contributed by atoms with Gasteiger partial charge in [-0.05, 0) is 26.0 Å². The average molecular weight is 252 g/mol. The molecule has 2 N–H and O–H groups in total. The van der Waals surface area contributed by atoms with E-state index in [-0.39, 0.29) is 6.04 Å². The maximum atomic E-state index is 6.02. The van der Waals surface area contributed by atoms with Gasteiger partial charge in [0.05, 0.1) is 23.1 Å². The molecule has 0 bridgehead atoms. The minimum atomic E-state index is 0.288. The number of ether oxygens (including phenoxy) is 1. The van der Waals surface area contributed by atoms with Crippen molar-refractivity contribution in [3.05, 3.63) is 35.6 Å². The van der Waals surface area contributed by atoms with E-state index in [4.69, 9.17) is 22.1 Å². The van der Waals surface area contributed by atoms with Crippen molar-refractivity contribution in [3.63, 3.8) is 0 Å². The van der Waals surface area contributed by atoms with Gasteiger partial charge in [-0.3, -0.25) is 4.68 Å². The van der Waals surface area contributed by atoms with Crippen LogP contribution >= 0.6 is 11.6 Å². The second-order valence-electron chi connectivity index (χ2n) is 4.01. The largest absolute Gasteiger partial charge is 0.450 e. The van der Waals surface area contributed by atoms with Gasteiger partial charge in [-0.2, -0.15) is 5.10 Å². The summed E-state index contributed by atoms with van der Waals surface area (Å²) < 4.78 is 7.44. The first kappa shape index (κ1) is 11.8. The molecule has 0 radical (unpaired) electrons. The fraction of sp³-hybridized carbons (Fsp3) is 0.250. The van der Waals surface area contributed by atoms with Crippen molar-refractivity contribution in [2.45, 2.75) is 19.9 Å². The molecule has 1 heterocycles. The van der Waals surface area contributed by atoms with E-state index in [2.05, 4.69) is 5.10 Å². The minimum absolute atomic E-state index is 0.288. The van der Waals surface area contributed by atoms with Crippen LogP contribution in [0, 0.1) is 0 Å². The van der Waals surface area contributed by atoms with Crippen LogP contribution in [0.4, 0.5) is 5.69 Å². The van der Waals surface area contributed by atoms with Gasteiger partial charge in [0.15, 0.2) is 11.5 Å². The number of nitrogen functional groups attached to an aromatic ring is 1. The van der Waals surface area contributed by atoms with Gasteiger partial charge in [0.1, 0.15) is 0 Å². The monoisotopic (exact) mass is 251 g/mol. The molecule has 0 aliphatic heterocycles. The number of anilines is 1. The van der Waals surface area contributed by atoms with Gasteiger partial charge < -0.3 is 10.5 Å². The summed E-state index contributed by atoms with van der Waals surface area (Å²) in [5, 5.41) is 4.67. The standard InChI is InChI=1S/C12H14ClN3O/c1-8(2)16-7-9(6-15-16)17-12-10(13)4-3-5-11(12)14/h3-8H,14H2,1-2H3. The van der Waals surface area contributed by atoms with Crippen LogP contribution in [0.2, 0.25) is 5.02 Å². The van der Waals surface area contributed by atoms with Crippen molar-refractivity contribution < 1.29 is 4.74 Å². The van der Waals surface area contributed by atoms with Crippen LogP contribution in [-0.4, -0.2) is 9.78 Å². The van der Waals surface area contributed by atoms with Crippen molar-refractivity contribution in [2.75, 3.05) is 5.73 Å². The number of nitrogens with two attached hydrogens (primary N) is 1. The SMILES string of the molecule is CC(C)n1cc(Oc2c(N)cccc2Cl)cn1. The molecule has 2 rings (SSSR count). The van der Waals surface area contributed by atoms with Crippen molar-refractivity contribution in [1.82, 2.24) is 9.78 Å². The smallest absolute Gasteiger partial charge is 0.169 e. The molecule has 5 heteroatoms. The van der Waals surface area contributed by atoms with Crippen LogP contribution in [0.1, 0.15) is 19.9 Å². The Hall–Kier alpha value is -1.68. The fourth-order valence-electron chi connectivity index (χ4n) is 1.41. The number of nitrogens with zero attached hydrogens (tertiary/aromatic N) is 2. The lowest BCUT2D eigenvalue weighted by molar-refractivity contribution is 0.479. The lowest BCUT2D eigenvalue weighted by Crippen LogP contribution is -1.99. The molecule has 1 aromatic carbocycles. The Morgan fingerprint density at radius 1 is 1.41 bits per heavy atom. The van der Waals surface area contributed by atoms with Crippen molar-refractivity contribution in [3.8, 4) is 11.5 Å². The van der Waals surface area contributed by atoms with Crippen LogP contribution < -0.4 is 10.5 Å². The summed E-state index contributed by atoms with van der Waals surface area (Å²) in [4.78, 5) is 0. The first-order valence-corrected chi connectivity index (χ1v) is 5.71. The maximum Gasteiger partial charge on any atom is 0.169 e. The highest BCUT2D eigenvalue weighted by Crippen LogP contribution is 2.34. The zero-order valence-electron chi connectivity index (χ0n) is 9.72. The van der Waals surface area contributed by atoms with Gasteiger partial charge in [-0.15, -0.1) is 0 Å². The molecule has 0 spiro atoms. The highest BCUT2D eigenvalue weighted by Gasteiger charge is 2.09. The summed E-state index contributed by atoms with van der Waals surface area (Å²) in [5.74, 6) is 1.09. The summed E-state index contributed by atoms with van der Waals surface area (Å²) in [6, 6.07) is 5.55. The van der Waals surface area contributed by atoms with Crippen LogP contribution in [-0.2, 0) is 0 Å². The Kier molecular flexibility index (Phi) is 3.24. The molecule has 4 nitrogen and oxygen atoms in total. The van der Waals surface area contributed by atoms with Gasteiger partial charge in [0, 0.05) is 6.04 Å². The normalized spacial score (nSPS) is 10.8. The molecule has 17 heavy (non-hydrogen) atoms. The van der Waals surface area contributed by atoms with E-state index in [1.165, 1.54) is 0 Å². The molecule has 90 valence electrons. The van der Waals surface area contributed by atoms with E-state index < -0.39 is 0 Å². The van der Waals surface area contributed by atoms with E-state index in [1.54, 1.807) is 24.4 Å². The molecule has 0 saturated carbocycles. The lowest BCUT2D eigenvalue weighted by Gasteiger charge is -2.08. The number of rotatable bonds is 3. The predicted molar refractivity (Wildman–Crippen MR) is 68.6 cm³/mol. The van der Waals surface area contributed by atoms with Gasteiger partial charge in [-0.1, -0.05) is 17.7 Å². The predicted octanol–water partition coefficient (Wildman–Crippen LogP) is 3.49. The Bertz CT molecular complexity index is 502. The van der Waals surface area contributed by atoms with Gasteiger partial charge in [-0.25, -0.2) is 0 Å². The van der Waals surface area contributed by atoms with E-state index in [0.29, 0.717) is 22.2 Å². The number of benzene rings is 1. The van der Waals surface area contributed by atoms with Crippen molar-refractivity contribution >= 4 is 17.3 Å². The number of hydrogen-bond acceptors (Lipinski definition) is 3. The second kappa shape index (κ2) is 4.67. The van der Waals surface area contributed by atoms with Gasteiger partial charge in [0.2, 0.25) is 0 Å². The van der Waals surface area contributed by atoms with Crippen molar-refractivity contribution in [2.24, 2.45) is 0 Å². The summed E-state index contributed by atoms with van der Waals surface area (Å²) in [6.45, 7) is 4.08. The van der Waals surface area contributed by atoms with Crippen LogP contribution in [0.5, 0.6) is 11.5 Å². The zero-order valence-corrected chi connectivity index (χ0v) is 10.5. The first-order chi connectivity index (χ1) is 8.08. The quantitative estimate of drug-likeness (QED) is 0.850. The van der Waals surface area contributed by atoms with E-state index in [0.717, 1.165) is 0 Å². The molecule has 0 aliphatic carbocycles. The third-order valence-corrected chi connectivity index (χ3v) is 2.62. The zero-order chi connectivity index (χ0) is 12.4. The van der Waals surface area contributed by atoms with E-state index >= 15 is 0 Å². The molecular formula is C12H14ClN3O. The summed E-state index contributed by atoms with van der Waals surface area (Å²) in [5.41, 5.74) is 6.31. The maximum absolute atomic E-state index is 6.02. The lowest BCUT2D eigenvalue weighted by atomic mass is 10.3. The molecule has 2 aromatic rings. The van der Waals surface area contributed by atoms with Crippen LogP contribution in [0.3, 0.4) is 0 Å². The molecule has 0 fully saturated rings. The summed E-state index contributed by atoms with van der Waals surface area (Å²) >= 11 is 6.02. The minimum Gasteiger partial charge on any atom is -0.450 e. The number of aromatic nitrogens is 2. The van der Waals surface area contributed by atoms with Crippen molar-refractivity contribution in [1.29, 1.82) is 0 Å². The summed E-state index contributed by atoms with van der Waals surface area (Å²) in [7, 11) is 0. The summed E-state index contributed by atoms with van der Waals surface area (Å²) in [6.07, 6.45) is 3.45. The third kappa shape index (κ3) is 2.53. The van der Waals surface area contributed by atoms with Gasteiger partial charge in [0.25, 0.3) is 0 Å². The number of para-hydroxylation sites is 1. The van der Waals surface area contributed by atoms with E-state index in [1.807, 2.05) is 24.7 Å². The Balaban J connectivity index is 2.25. The molecule has 0 aliphatic rings. The highest BCUT2D eigenvalue weighted by molar-refractivity contribution is 6.32. The molecule has 0 amide bonds. The molecule has 1 aromatic heterocycles. The van der Waals surface area contributed by atoms with E-state index in [9.17, 15) is 0 Å². The van der Waals surface area contributed by atoms with Crippen LogP contribution in [0.15, 0.2) is 30.6 Å². The fourth-order valence-corrected chi connectivity index (χ4v) is 1.63. The molecular weight excluding hydrogens is 238 g/mol. The topological polar surface area (TPSA) is 53.1 Å². The third-order valence-electron chi connectivity index (χ3n) is 2.32. The van der Waals surface area contributed by atoms with Gasteiger partial charge >= 0.3 is 0 Å². The number of halogens is 1. The first-order valence-electron chi connectivity index (χ1n) is 5.34. The molecule has 0 atom stereocenters. The molecule has 0 saturated heterocycles. The Morgan fingerprint density at radius 3 is 2.76 bits per heavy atom. The van der Waals surface area contributed by atoms with Crippen LogP contribution in [0.25, 0.3) is 0 Å². The Labute approximate surface area is 105 Å². The second-order valence-corrected chi connectivity index (χ2v) is 4.42. The average Bonchev–Trinajstić information content (AvgIpc) is 2.72. The number of hydrogen-bond donors (Lipinski definition) is 1.